The molecular formula is C13H12ClN5O. The standard InChI is InChI=1S/C13H12ClN5O/c14-9-3-1-2-4-10(9)18-13(20)19-6-8-5-16-12(15)17-11(8)7-19/h1-5H,6-7H2,(H,18,20)(H2,15,16,17). The van der Waals surface area contributed by atoms with E-state index in [-0.39, 0.29) is 12.0 Å². The van der Waals surface area contributed by atoms with Gasteiger partial charge in [0.1, 0.15) is 0 Å². The van der Waals surface area contributed by atoms with Crippen LogP contribution in [-0.2, 0) is 13.1 Å². The molecule has 0 aliphatic carbocycles. The van der Waals surface area contributed by atoms with Gasteiger partial charge < -0.3 is 16.0 Å². The van der Waals surface area contributed by atoms with Gasteiger partial charge in [0.15, 0.2) is 0 Å². The van der Waals surface area contributed by atoms with Gasteiger partial charge in [-0.1, -0.05) is 23.7 Å². The maximum absolute atomic E-state index is 12.2. The smallest absolute Gasteiger partial charge is 0.322 e. The summed E-state index contributed by atoms with van der Waals surface area (Å²) in [6, 6.07) is 6.87. The minimum atomic E-state index is -0.227. The first-order valence-electron chi connectivity index (χ1n) is 6.04. The fourth-order valence-corrected chi connectivity index (χ4v) is 2.25. The molecule has 0 atom stereocenters. The summed E-state index contributed by atoms with van der Waals surface area (Å²) in [5.41, 5.74) is 7.82. The van der Waals surface area contributed by atoms with Crippen LogP contribution in [0.2, 0.25) is 5.02 Å². The van der Waals surface area contributed by atoms with Crippen molar-refractivity contribution >= 4 is 29.3 Å². The van der Waals surface area contributed by atoms with E-state index in [2.05, 4.69) is 15.3 Å². The number of amides is 2. The van der Waals surface area contributed by atoms with Gasteiger partial charge >= 0.3 is 6.03 Å². The summed E-state index contributed by atoms with van der Waals surface area (Å²) in [6.45, 7) is 0.879. The van der Waals surface area contributed by atoms with Crippen LogP contribution in [0.1, 0.15) is 11.3 Å². The zero-order valence-corrected chi connectivity index (χ0v) is 11.3. The Kier molecular flexibility index (Phi) is 3.15. The van der Waals surface area contributed by atoms with Gasteiger partial charge in [-0.25, -0.2) is 14.8 Å². The number of urea groups is 1. The molecule has 2 aromatic rings. The largest absolute Gasteiger partial charge is 0.368 e. The van der Waals surface area contributed by atoms with Gasteiger partial charge in [0.2, 0.25) is 5.95 Å². The Hall–Kier alpha value is -2.34. The SMILES string of the molecule is Nc1ncc2c(n1)CN(C(=O)Nc1ccccc1Cl)C2. The second-order valence-corrected chi connectivity index (χ2v) is 4.87. The monoisotopic (exact) mass is 289 g/mol. The molecule has 3 rings (SSSR count). The van der Waals surface area contributed by atoms with Crippen LogP contribution in [-0.4, -0.2) is 20.9 Å². The molecule has 0 saturated heterocycles. The predicted octanol–water partition coefficient (Wildman–Crippen LogP) is 2.26. The molecule has 2 amide bonds. The first-order chi connectivity index (χ1) is 9.63. The van der Waals surface area contributed by atoms with E-state index in [9.17, 15) is 4.79 Å². The number of carbonyl (C=O) groups is 1. The molecule has 2 heterocycles. The summed E-state index contributed by atoms with van der Waals surface area (Å²) in [5.74, 6) is 0.220. The molecule has 6 nitrogen and oxygen atoms in total. The maximum atomic E-state index is 12.2. The Labute approximate surface area is 120 Å². The van der Waals surface area contributed by atoms with Crippen molar-refractivity contribution in [2.45, 2.75) is 13.1 Å². The van der Waals surface area contributed by atoms with Crippen LogP contribution in [0, 0.1) is 0 Å². The Bertz CT molecular complexity index is 676. The van der Waals surface area contributed by atoms with Gasteiger partial charge in [-0.15, -0.1) is 0 Å². The number of halogens is 1. The van der Waals surface area contributed by atoms with E-state index < -0.39 is 0 Å². The zero-order chi connectivity index (χ0) is 14.1. The second kappa shape index (κ2) is 4.97. The van der Waals surface area contributed by atoms with Crippen LogP contribution in [0.25, 0.3) is 0 Å². The lowest BCUT2D eigenvalue weighted by Crippen LogP contribution is -2.30. The summed E-state index contributed by atoms with van der Waals surface area (Å²) in [7, 11) is 0. The zero-order valence-electron chi connectivity index (χ0n) is 10.5. The number of hydrogen-bond acceptors (Lipinski definition) is 4. The van der Waals surface area contributed by atoms with Crippen LogP contribution in [0.15, 0.2) is 30.5 Å². The van der Waals surface area contributed by atoms with Crippen molar-refractivity contribution < 1.29 is 4.79 Å². The lowest BCUT2D eigenvalue weighted by molar-refractivity contribution is 0.212. The molecule has 1 aromatic heterocycles. The number of para-hydroxylation sites is 1. The molecule has 3 N–H and O–H groups in total. The molecule has 7 heteroatoms. The van der Waals surface area contributed by atoms with E-state index in [1.807, 2.05) is 12.1 Å². The first-order valence-corrected chi connectivity index (χ1v) is 6.42. The number of carbonyl (C=O) groups excluding carboxylic acids is 1. The Balaban J connectivity index is 1.73. The summed E-state index contributed by atoms with van der Waals surface area (Å²) in [4.78, 5) is 21.9. The van der Waals surface area contributed by atoms with Crippen molar-refractivity contribution in [3.05, 3.63) is 46.7 Å². The number of benzene rings is 1. The number of nitrogens with two attached hydrogens (primary N) is 1. The summed E-state index contributed by atoms with van der Waals surface area (Å²) in [5, 5.41) is 3.28. The van der Waals surface area contributed by atoms with Crippen molar-refractivity contribution in [1.29, 1.82) is 0 Å². The molecule has 1 aliphatic rings. The van der Waals surface area contributed by atoms with Crippen LogP contribution < -0.4 is 11.1 Å². The molecule has 0 fully saturated rings. The van der Waals surface area contributed by atoms with E-state index >= 15 is 0 Å². The molecule has 0 bridgehead atoms. The fraction of sp³-hybridized carbons (Fsp3) is 0.154. The third kappa shape index (κ3) is 2.37. The van der Waals surface area contributed by atoms with Gasteiger partial charge in [0.05, 0.1) is 29.5 Å². The van der Waals surface area contributed by atoms with Crippen molar-refractivity contribution in [3.63, 3.8) is 0 Å². The molecule has 1 aromatic carbocycles. The minimum Gasteiger partial charge on any atom is -0.368 e. The van der Waals surface area contributed by atoms with E-state index in [4.69, 9.17) is 17.3 Å². The molecule has 0 spiro atoms. The van der Waals surface area contributed by atoms with E-state index in [0.717, 1.165) is 11.3 Å². The lowest BCUT2D eigenvalue weighted by atomic mass is 10.3. The van der Waals surface area contributed by atoms with Crippen LogP contribution >= 0.6 is 11.6 Å². The number of aromatic nitrogens is 2. The highest BCUT2D eigenvalue weighted by molar-refractivity contribution is 6.33. The first kappa shape index (κ1) is 12.7. The normalized spacial score (nSPS) is 13.2. The highest BCUT2D eigenvalue weighted by atomic mass is 35.5. The molecular weight excluding hydrogens is 278 g/mol. The number of nitrogens with zero attached hydrogens (tertiary/aromatic N) is 3. The second-order valence-electron chi connectivity index (χ2n) is 4.47. The lowest BCUT2D eigenvalue weighted by Gasteiger charge is -2.16. The third-order valence-electron chi connectivity index (χ3n) is 3.08. The van der Waals surface area contributed by atoms with Crippen LogP contribution in [0.5, 0.6) is 0 Å². The fourth-order valence-electron chi connectivity index (χ4n) is 2.07. The number of rotatable bonds is 1. The maximum Gasteiger partial charge on any atom is 0.322 e. The number of nitrogens with one attached hydrogen (secondary N) is 1. The predicted molar refractivity (Wildman–Crippen MR) is 76.2 cm³/mol. The van der Waals surface area contributed by atoms with Crippen molar-refractivity contribution in [1.82, 2.24) is 14.9 Å². The number of fused-ring (bicyclic) bond motifs is 1. The summed E-state index contributed by atoms with van der Waals surface area (Å²) >= 11 is 6.01. The highest BCUT2D eigenvalue weighted by Gasteiger charge is 2.25. The molecule has 20 heavy (non-hydrogen) atoms. The number of hydrogen-bond donors (Lipinski definition) is 2. The molecule has 102 valence electrons. The molecule has 0 unspecified atom stereocenters. The van der Waals surface area contributed by atoms with Gasteiger partial charge in [0, 0.05) is 11.8 Å². The Morgan fingerprint density at radius 2 is 2.15 bits per heavy atom. The highest BCUT2D eigenvalue weighted by Crippen LogP contribution is 2.24. The summed E-state index contributed by atoms with van der Waals surface area (Å²) in [6.07, 6.45) is 1.65. The minimum absolute atomic E-state index is 0.220. The van der Waals surface area contributed by atoms with Crippen LogP contribution in [0.3, 0.4) is 0 Å². The quantitative estimate of drug-likeness (QED) is 0.843. The average molecular weight is 290 g/mol. The van der Waals surface area contributed by atoms with Gasteiger partial charge in [-0.2, -0.15) is 0 Å². The number of nitrogen functional groups attached to an aromatic ring is 1. The molecule has 0 radical (unpaired) electrons. The van der Waals surface area contributed by atoms with Crippen molar-refractivity contribution in [2.24, 2.45) is 0 Å². The van der Waals surface area contributed by atoms with Crippen molar-refractivity contribution in [2.75, 3.05) is 11.1 Å². The topological polar surface area (TPSA) is 84.1 Å². The molecule has 0 saturated carbocycles. The average Bonchev–Trinajstić information content (AvgIpc) is 2.84. The van der Waals surface area contributed by atoms with Gasteiger partial charge in [0.25, 0.3) is 0 Å². The van der Waals surface area contributed by atoms with Crippen LogP contribution in [0.4, 0.5) is 16.4 Å². The van der Waals surface area contributed by atoms with Gasteiger partial charge in [-0.05, 0) is 12.1 Å². The third-order valence-corrected chi connectivity index (χ3v) is 3.41. The summed E-state index contributed by atoms with van der Waals surface area (Å²) < 4.78 is 0. The molecule has 1 aliphatic heterocycles. The Morgan fingerprint density at radius 3 is 2.95 bits per heavy atom. The van der Waals surface area contributed by atoms with Crippen molar-refractivity contribution in [3.8, 4) is 0 Å². The van der Waals surface area contributed by atoms with E-state index in [1.54, 1.807) is 23.2 Å². The van der Waals surface area contributed by atoms with E-state index in [1.165, 1.54) is 0 Å². The number of anilines is 2. The van der Waals surface area contributed by atoms with Gasteiger partial charge in [-0.3, -0.25) is 0 Å². The van der Waals surface area contributed by atoms with E-state index in [0.29, 0.717) is 23.8 Å². The Morgan fingerprint density at radius 1 is 1.35 bits per heavy atom.